The molecular formula is C29H42N2O2. The van der Waals surface area contributed by atoms with Crippen LogP contribution in [0.25, 0.3) is 11.4 Å². The van der Waals surface area contributed by atoms with Crippen molar-refractivity contribution in [2.24, 2.45) is 0 Å². The summed E-state index contributed by atoms with van der Waals surface area (Å²) in [5.74, 6) is 2.25. The molecule has 1 aromatic heterocycles. The van der Waals surface area contributed by atoms with Gasteiger partial charge in [0.2, 0.25) is 0 Å². The Balaban J connectivity index is 1.66. The van der Waals surface area contributed by atoms with Crippen LogP contribution < -0.4 is 9.47 Å². The lowest BCUT2D eigenvalue weighted by atomic mass is 10.1. The molecule has 0 unspecified atom stereocenters. The summed E-state index contributed by atoms with van der Waals surface area (Å²) in [6.45, 7) is 5.73. The number of aromatic nitrogens is 2. The van der Waals surface area contributed by atoms with Gasteiger partial charge in [-0.05, 0) is 55.7 Å². The second kappa shape index (κ2) is 17.9. The number of rotatable bonds is 18. The van der Waals surface area contributed by atoms with Gasteiger partial charge in [-0.25, -0.2) is 9.97 Å². The molecule has 0 bridgehead atoms. The number of nitrogens with zero attached hydrogens (tertiary/aromatic N) is 2. The number of hydrogen-bond donors (Lipinski definition) is 0. The summed E-state index contributed by atoms with van der Waals surface area (Å²) >= 11 is 0. The van der Waals surface area contributed by atoms with Crippen LogP contribution in [0.15, 0.2) is 54.5 Å². The Labute approximate surface area is 201 Å². The highest BCUT2D eigenvalue weighted by atomic mass is 16.5. The van der Waals surface area contributed by atoms with Gasteiger partial charge in [0.05, 0.1) is 19.0 Å². The molecule has 4 heteroatoms. The number of hydrogen-bond acceptors (Lipinski definition) is 4. The molecular weight excluding hydrogens is 408 g/mol. The van der Waals surface area contributed by atoms with E-state index in [-0.39, 0.29) is 0 Å². The molecule has 0 saturated carbocycles. The van der Waals surface area contributed by atoms with Gasteiger partial charge in [0.25, 0.3) is 0 Å². The quantitative estimate of drug-likeness (QED) is 0.169. The molecule has 0 fully saturated rings. The van der Waals surface area contributed by atoms with E-state index in [2.05, 4.69) is 35.6 Å². The third-order valence-electron chi connectivity index (χ3n) is 5.53. The van der Waals surface area contributed by atoms with Gasteiger partial charge < -0.3 is 9.47 Å². The van der Waals surface area contributed by atoms with Crippen LogP contribution >= 0.6 is 0 Å². The Morgan fingerprint density at radius 1 is 0.697 bits per heavy atom. The van der Waals surface area contributed by atoms with Gasteiger partial charge in [-0.15, -0.1) is 5.73 Å². The van der Waals surface area contributed by atoms with Crippen molar-refractivity contribution in [3.05, 3.63) is 54.5 Å². The number of benzene rings is 1. The first-order valence-corrected chi connectivity index (χ1v) is 12.9. The van der Waals surface area contributed by atoms with Crippen LogP contribution in [0.2, 0.25) is 0 Å². The van der Waals surface area contributed by atoms with Gasteiger partial charge in [-0.2, -0.15) is 0 Å². The van der Waals surface area contributed by atoms with Crippen LogP contribution in [-0.4, -0.2) is 23.2 Å². The summed E-state index contributed by atoms with van der Waals surface area (Å²) in [6, 6.07) is 7.87. The normalized spacial score (nSPS) is 10.5. The second-order valence-electron chi connectivity index (χ2n) is 8.47. The van der Waals surface area contributed by atoms with Crippen molar-refractivity contribution in [3.63, 3.8) is 0 Å². The Morgan fingerprint density at radius 3 is 2.03 bits per heavy atom. The molecule has 0 spiro atoms. The minimum absolute atomic E-state index is 0.521. The highest BCUT2D eigenvalue weighted by molar-refractivity contribution is 5.56. The predicted molar refractivity (Wildman–Crippen MR) is 138 cm³/mol. The molecule has 33 heavy (non-hydrogen) atoms. The molecule has 0 atom stereocenters. The van der Waals surface area contributed by atoms with E-state index in [4.69, 9.17) is 9.47 Å². The van der Waals surface area contributed by atoms with E-state index < -0.39 is 0 Å². The van der Waals surface area contributed by atoms with Crippen molar-refractivity contribution >= 4 is 0 Å². The standard InChI is InChI=1S/C29H42N2O2/c1-3-5-7-9-11-12-13-15-16-22-32-27-20-18-26(19-21-27)29-30-24-28(25-31-29)33-23-17-14-10-8-6-4-2/h13,16,18-21,24-25H,3-12,14,17,22-23H2,1-2H3. The molecule has 1 aromatic carbocycles. The fraction of sp³-hybridized carbons (Fsp3) is 0.552. The molecule has 0 aliphatic carbocycles. The first-order valence-electron chi connectivity index (χ1n) is 12.9. The molecule has 2 rings (SSSR count). The Bertz CT molecular complexity index is 793. The zero-order chi connectivity index (χ0) is 23.4. The predicted octanol–water partition coefficient (Wildman–Crippen LogP) is 8.33. The topological polar surface area (TPSA) is 44.2 Å². The summed E-state index contributed by atoms with van der Waals surface area (Å²) in [5, 5.41) is 0. The van der Waals surface area contributed by atoms with Crippen molar-refractivity contribution in [3.8, 4) is 22.9 Å². The lowest BCUT2D eigenvalue weighted by Crippen LogP contribution is -1.99. The molecule has 0 aliphatic heterocycles. The SMILES string of the molecule is CCCCCCCC=C=CCOc1ccc(-c2ncc(OCCCCCCCC)cn2)cc1. The largest absolute Gasteiger partial charge is 0.490 e. The molecule has 0 N–H and O–H groups in total. The molecule has 0 saturated heterocycles. The summed E-state index contributed by atoms with van der Waals surface area (Å²) in [5.41, 5.74) is 4.17. The average Bonchev–Trinajstić information content (AvgIpc) is 2.85. The van der Waals surface area contributed by atoms with Gasteiger partial charge in [0.15, 0.2) is 11.6 Å². The third-order valence-corrected chi connectivity index (χ3v) is 5.53. The molecule has 0 amide bonds. The van der Waals surface area contributed by atoms with E-state index in [1.165, 1.54) is 64.2 Å². The fourth-order valence-corrected chi connectivity index (χ4v) is 3.52. The molecule has 2 aromatic rings. The molecule has 180 valence electrons. The summed E-state index contributed by atoms with van der Waals surface area (Å²) < 4.78 is 11.5. The van der Waals surface area contributed by atoms with E-state index in [9.17, 15) is 0 Å². The van der Waals surface area contributed by atoms with Crippen molar-refractivity contribution < 1.29 is 9.47 Å². The fourth-order valence-electron chi connectivity index (χ4n) is 3.52. The van der Waals surface area contributed by atoms with Crippen molar-refractivity contribution in [1.29, 1.82) is 0 Å². The average molecular weight is 451 g/mol. The van der Waals surface area contributed by atoms with E-state index in [0.717, 1.165) is 36.5 Å². The van der Waals surface area contributed by atoms with Gasteiger partial charge >= 0.3 is 0 Å². The molecule has 4 nitrogen and oxygen atoms in total. The highest BCUT2D eigenvalue weighted by Gasteiger charge is 2.03. The second-order valence-corrected chi connectivity index (χ2v) is 8.47. The first kappa shape index (κ1) is 26.7. The van der Waals surface area contributed by atoms with Crippen LogP contribution in [-0.2, 0) is 0 Å². The minimum Gasteiger partial charge on any atom is -0.490 e. The summed E-state index contributed by atoms with van der Waals surface area (Å²) in [6.07, 6.45) is 22.7. The lowest BCUT2D eigenvalue weighted by Gasteiger charge is -2.07. The zero-order valence-corrected chi connectivity index (χ0v) is 20.7. The van der Waals surface area contributed by atoms with E-state index in [1.54, 1.807) is 12.4 Å². The first-order chi connectivity index (χ1) is 16.3. The van der Waals surface area contributed by atoms with Crippen LogP contribution in [0, 0.1) is 0 Å². The minimum atomic E-state index is 0.521. The maximum absolute atomic E-state index is 5.77. The maximum atomic E-state index is 5.77. The van der Waals surface area contributed by atoms with Crippen LogP contribution in [0.3, 0.4) is 0 Å². The lowest BCUT2D eigenvalue weighted by molar-refractivity contribution is 0.302. The monoisotopic (exact) mass is 450 g/mol. The van der Waals surface area contributed by atoms with E-state index in [1.807, 2.05) is 30.3 Å². The smallest absolute Gasteiger partial charge is 0.159 e. The maximum Gasteiger partial charge on any atom is 0.159 e. The van der Waals surface area contributed by atoms with Crippen molar-refractivity contribution in [1.82, 2.24) is 9.97 Å². The van der Waals surface area contributed by atoms with E-state index >= 15 is 0 Å². The molecule has 0 aliphatic rings. The Hall–Kier alpha value is -2.58. The molecule has 1 heterocycles. The van der Waals surface area contributed by atoms with Crippen LogP contribution in [0.5, 0.6) is 11.5 Å². The summed E-state index contributed by atoms with van der Waals surface area (Å²) in [7, 11) is 0. The van der Waals surface area contributed by atoms with E-state index in [0.29, 0.717) is 12.4 Å². The summed E-state index contributed by atoms with van der Waals surface area (Å²) in [4.78, 5) is 8.90. The number of ether oxygens (including phenoxy) is 2. The third kappa shape index (κ3) is 12.3. The Kier molecular flexibility index (Phi) is 14.5. The zero-order valence-electron chi connectivity index (χ0n) is 20.7. The van der Waals surface area contributed by atoms with Crippen LogP contribution in [0.1, 0.15) is 90.9 Å². The number of unbranched alkanes of at least 4 members (excludes halogenated alkanes) is 10. The molecule has 0 radical (unpaired) electrons. The van der Waals surface area contributed by atoms with Crippen molar-refractivity contribution in [2.75, 3.05) is 13.2 Å². The van der Waals surface area contributed by atoms with Gasteiger partial charge in [-0.3, -0.25) is 0 Å². The Morgan fingerprint density at radius 2 is 1.33 bits per heavy atom. The van der Waals surface area contributed by atoms with Gasteiger partial charge in [0.1, 0.15) is 12.4 Å². The highest BCUT2D eigenvalue weighted by Crippen LogP contribution is 2.20. The van der Waals surface area contributed by atoms with Crippen molar-refractivity contribution in [2.45, 2.75) is 90.9 Å². The van der Waals surface area contributed by atoms with Crippen LogP contribution in [0.4, 0.5) is 0 Å². The van der Waals surface area contributed by atoms with Gasteiger partial charge in [0, 0.05) is 5.56 Å². The van der Waals surface area contributed by atoms with Gasteiger partial charge in [-0.1, -0.05) is 71.6 Å².